The SMILES string of the molecule is O[C@@H]1CO[C@H]2[C@@H]1OC[C@H]2Oc1nc2nc(CCc3ccc(-c4ccccc4)o3)c(Cl)cc2[nH]1. The molecule has 33 heavy (non-hydrogen) atoms. The summed E-state index contributed by atoms with van der Waals surface area (Å²) < 4.78 is 23.1. The van der Waals surface area contributed by atoms with Gasteiger partial charge in [-0.1, -0.05) is 41.9 Å². The molecule has 2 N–H and O–H groups in total. The third-order valence-electron chi connectivity index (χ3n) is 6.05. The smallest absolute Gasteiger partial charge is 0.296 e. The van der Waals surface area contributed by atoms with Crippen molar-refractivity contribution in [2.24, 2.45) is 0 Å². The highest BCUT2D eigenvalue weighted by Gasteiger charge is 2.48. The number of aromatic nitrogens is 3. The summed E-state index contributed by atoms with van der Waals surface area (Å²) >= 11 is 6.49. The number of aromatic amines is 1. The molecule has 0 bridgehead atoms. The molecule has 8 nitrogen and oxygen atoms in total. The second-order valence-electron chi connectivity index (χ2n) is 8.28. The van der Waals surface area contributed by atoms with Crippen molar-refractivity contribution < 1.29 is 23.7 Å². The van der Waals surface area contributed by atoms with E-state index >= 15 is 0 Å². The number of halogens is 1. The van der Waals surface area contributed by atoms with Crippen LogP contribution in [0.4, 0.5) is 0 Å². The van der Waals surface area contributed by atoms with Gasteiger partial charge in [0.2, 0.25) is 0 Å². The lowest BCUT2D eigenvalue weighted by Crippen LogP contribution is -2.34. The minimum Gasteiger partial charge on any atom is -0.461 e. The Balaban J connectivity index is 1.15. The van der Waals surface area contributed by atoms with Crippen LogP contribution in [-0.2, 0) is 22.3 Å². The average Bonchev–Trinajstić information content (AvgIpc) is 3.60. The third kappa shape index (κ3) is 4.00. The Bertz CT molecular complexity index is 1270. The van der Waals surface area contributed by atoms with Crippen LogP contribution >= 0.6 is 11.6 Å². The Morgan fingerprint density at radius 1 is 1.03 bits per heavy atom. The molecule has 4 atom stereocenters. The van der Waals surface area contributed by atoms with E-state index in [4.69, 9.17) is 30.2 Å². The van der Waals surface area contributed by atoms with Crippen molar-refractivity contribution in [2.45, 2.75) is 37.3 Å². The van der Waals surface area contributed by atoms with Crippen LogP contribution in [0.2, 0.25) is 5.02 Å². The highest BCUT2D eigenvalue weighted by molar-refractivity contribution is 6.31. The van der Waals surface area contributed by atoms with Crippen molar-refractivity contribution in [1.29, 1.82) is 0 Å². The lowest BCUT2D eigenvalue weighted by atomic mass is 10.1. The molecular formula is C24H22ClN3O5. The lowest BCUT2D eigenvalue weighted by molar-refractivity contribution is 0.00706. The molecule has 0 amide bonds. The minimum absolute atomic E-state index is 0.248. The van der Waals surface area contributed by atoms with Gasteiger partial charge in [-0.25, -0.2) is 4.98 Å². The van der Waals surface area contributed by atoms with Gasteiger partial charge < -0.3 is 28.7 Å². The molecule has 170 valence electrons. The van der Waals surface area contributed by atoms with E-state index in [-0.39, 0.29) is 24.9 Å². The van der Waals surface area contributed by atoms with Gasteiger partial charge in [0.15, 0.2) is 11.8 Å². The number of furan rings is 1. The van der Waals surface area contributed by atoms with Crippen molar-refractivity contribution in [2.75, 3.05) is 13.2 Å². The zero-order chi connectivity index (χ0) is 22.4. The molecule has 2 fully saturated rings. The minimum atomic E-state index is -0.625. The van der Waals surface area contributed by atoms with Crippen LogP contribution in [0.1, 0.15) is 11.5 Å². The summed E-state index contributed by atoms with van der Waals surface area (Å²) in [6, 6.07) is 16.1. The maximum absolute atomic E-state index is 9.89. The summed E-state index contributed by atoms with van der Waals surface area (Å²) in [5, 5.41) is 10.4. The maximum Gasteiger partial charge on any atom is 0.296 e. The van der Waals surface area contributed by atoms with Crippen molar-refractivity contribution in [3.8, 4) is 17.3 Å². The second kappa shape index (κ2) is 8.46. The molecule has 4 aromatic rings. The molecule has 2 aliphatic heterocycles. The quantitative estimate of drug-likeness (QED) is 0.447. The summed E-state index contributed by atoms with van der Waals surface area (Å²) in [6.07, 6.45) is -0.357. The van der Waals surface area contributed by atoms with E-state index in [9.17, 15) is 5.11 Å². The Kier molecular flexibility index (Phi) is 5.30. The summed E-state index contributed by atoms with van der Waals surface area (Å²) in [6.45, 7) is 0.579. The second-order valence-corrected chi connectivity index (χ2v) is 8.69. The number of hydrogen-bond acceptors (Lipinski definition) is 7. The molecule has 5 heterocycles. The van der Waals surface area contributed by atoms with Gasteiger partial charge in [-0.15, -0.1) is 0 Å². The van der Waals surface area contributed by atoms with Gasteiger partial charge in [-0.2, -0.15) is 4.98 Å². The fourth-order valence-corrected chi connectivity index (χ4v) is 4.61. The highest BCUT2D eigenvalue weighted by Crippen LogP contribution is 2.30. The molecule has 9 heteroatoms. The van der Waals surface area contributed by atoms with Gasteiger partial charge in [-0.3, -0.25) is 0 Å². The number of fused-ring (bicyclic) bond motifs is 2. The summed E-state index contributed by atoms with van der Waals surface area (Å²) in [7, 11) is 0. The molecular weight excluding hydrogens is 446 g/mol. The van der Waals surface area contributed by atoms with Crippen LogP contribution < -0.4 is 4.74 Å². The normalized spacial score (nSPS) is 24.4. The summed E-state index contributed by atoms with van der Waals surface area (Å²) in [5.74, 6) is 1.71. The van der Waals surface area contributed by atoms with Crippen LogP contribution in [0.5, 0.6) is 6.01 Å². The molecule has 3 aromatic heterocycles. The number of aliphatic hydroxyl groups excluding tert-OH is 1. The topological polar surface area (TPSA) is 103 Å². The van der Waals surface area contributed by atoms with Crippen molar-refractivity contribution in [3.63, 3.8) is 0 Å². The molecule has 0 spiro atoms. The molecule has 6 rings (SSSR count). The van der Waals surface area contributed by atoms with E-state index in [1.807, 2.05) is 42.5 Å². The Morgan fingerprint density at radius 3 is 2.76 bits per heavy atom. The third-order valence-corrected chi connectivity index (χ3v) is 6.38. The molecule has 0 saturated carbocycles. The Morgan fingerprint density at radius 2 is 1.88 bits per heavy atom. The number of aryl methyl sites for hydroxylation is 2. The van der Waals surface area contributed by atoms with Gasteiger partial charge in [0.25, 0.3) is 6.01 Å². The standard InChI is InChI=1S/C24H22ClN3O5/c25-15-10-17-23(28-24(27-17)33-20-12-31-21-18(29)11-30-22(20)21)26-16(15)8-6-14-7-9-19(32-14)13-4-2-1-3-5-13/h1-5,7,9-10,18,20-22,29H,6,8,11-12H2,(H,26,27,28)/t18-,20-,21-,22-/m1/s1. The molecule has 1 aromatic carbocycles. The maximum atomic E-state index is 9.89. The number of hydrogen-bond donors (Lipinski definition) is 2. The number of nitrogens with zero attached hydrogens (tertiary/aromatic N) is 2. The summed E-state index contributed by atoms with van der Waals surface area (Å²) in [4.78, 5) is 12.2. The number of imidazole rings is 1. The monoisotopic (exact) mass is 467 g/mol. The average molecular weight is 468 g/mol. The predicted molar refractivity (Wildman–Crippen MR) is 120 cm³/mol. The molecule has 2 aliphatic rings. The highest BCUT2D eigenvalue weighted by atomic mass is 35.5. The van der Waals surface area contributed by atoms with Crippen LogP contribution in [0.3, 0.4) is 0 Å². The van der Waals surface area contributed by atoms with Crippen molar-refractivity contribution in [3.05, 3.63) is 65.0 Å². The number of benzene rings is 1. The van der Waals surface area contributed by atoms with E-state index in [0.29, 0.717) is 41.6 Å². The first kappa shape index (κ1) is 20.7. The van der Waals surface area contributed by atoms with Crippen LogP contribution in [0.15, 0.2) is 52.9 Å². The van der Waals surface area contributed by atoms with E-state index in [1.165, 1.54) is 0 Å². The summed E-state index contributed by atoms with van der Waals surface area (Å²) in [5.41, 5.74) is 3.00. The first-order valence-corrected chi connectivity index (χ1v) is 11.3. The molecule has 2 saturated heterocycles. The number of aliphatic hydroxyl groups is 1. The van der Waals surface area contributed by atoms with Crippen LogP contribution in [-0.4, -0.2) is 57.7 Å². The fraction of sp³-hybridized carbons (Fsp3) is 0.333. The van der Waals surface area contributed by atoms with Gasteiger partial charge in [0.05, 0.1) is 29.4 Å². The molecule has 0 unspecified atom stereocenters. The number of pyridine rings is 1. The molecule has 0 aliphatic carbocycles. The molecule has 0 radical (unpaired) electrons. The zero-order valence-electron chi connectivity index (χ0n) is 17.6. The van der Waals surface area contributed by atoms with Crippen LogP contribution in [0.25, 0.3) is 22.5 Å². The predicted octanol–water partition coefficient (Wildman–Crippen LogP) is 3.56. The van der Waals surface area contributed by atoms with Gasteiger partial charge in [-0.05, 0) is 24.6 Å². The Labute approximate surface area is 194 Å². The van der Waals surface area contributed by atoms with Crippen molar-refractivity contribution >= 4 is 22.8 Å². The first-order valence-electron chi connectivity index (χ1n) is 10.9. The number of rotatable bonds is 6. The van der Waals surface area contributed by atoms with Gasteiger partial charge in [0.1, 0.15) is 29.8 Å². The van der Waals surface area contributed by atoms with Crippen molar-refractivity contribution in [1.82, 2.24) is 15.0 Å². The van der Waals surface area contributed by atoms with E-state index < -0.39 is 6.10 Å². The first-order chi connectivity index (χ1) is 16.1. The van der Waals surface area contributed by atoms with Crippen LogP contribution in [0, 0.1) is 0 Å². The fourth-order valence-electron chi connectivity index (χ4n) is 4.36. The number of H-pyrrole nitrogens is 1. The van der Waals surface area contributed by atoms with E-state index in [2.05, 4.69) is 15.0 Å². The zero-order valence-corrected chi connectivity index (χ0v) is 18.4. The number of nitrogens with one attached hydrogen (secondary N) is 1. The Hall–Kier alpha value is -2.91. The lowest BCUT2D eigenvalue weighted by Gasteiger charge is -2.15. The van der Waals surface area contributed by atoms with Gasteiger partial charge in [0, 0.05) is 12.0 Å². The van der Waals surface area contributed by atoms with Gasteiger partial charge >= 0.3 is 0 Å². The largest absolute Gasteiger partial charge is 0.461 e. The number of ether oxygens (including phenoxy) is 3. The van der Waals surface area contributed by atoms with E-state index in [1.54, 1.807) is 6.07 Å². The van der Waals surface area contributed by atoms with E-state index in [0.717, 1.165) is 22.8 Å².